The van der Waals surface area contributed by atoms with Crippen LogP contribution in [0.15, 0.2) is 23.3 Å². The molecule has 4 atom stereocenters. The zero-order chi connectivity index (χ0) is 14.0. The predicted molar refractivity (Wildman–Crippen MR) is 88.9 cm³/mol. The second-order valence-corrected chi connectivity index (χ2v) is 8.49. The van der Waals surface area contributed by atoms with Crippen molar-refractivity contribution >= 4 is 17.1 Å². The lowest BCUT2D eigenvalue weighted by Gasteiger charge is -2.55. The molecular weight excluding hydrogens is 260 g/mol. The zero-order valence-corrected chi connectivity index (χ0v) is 13.7. The summed E-state index contributed by atoms with van der Waals surface area (Å²) >= 11 is 5.65. The fourth-order valence-electron chi connectivity index (χ4n) is 5.90. The minimum absolute atomic E-state index is 0.207. The number of allylic oxidation sites excluding steroid dienone is 4. The lowest BCUT2D eigenvalue weighted by Crippen LogP contribution is -2.45. The largest absolute Gasteiger partial charge is 0.0839 e. The van der Waals surface area contributed by atoms with E-state index in [1.165, 1.54) is 56.2 Å². The predicted octanol–water partition coefficient (Wildman–Crippen LogP) is 5.63. The number of rotatable bonds is 0. The summed E-state index contributed by atoms with van der Waals surface area (Å²) in [7, 11) is 0. The molecule has 2 saturated carbocycles. The van der Waals surface area contributed by atoms with Crippen LogP contribution in [0.1, 0.15) is 65.2 Å². The van der Waals surface area contributed by atoms with Crippen molar-refractivity contribution in [3.8, 4) is 0 Å². The van der Waals surface area contributed by atoms with Crippen LogP contribution in [-0.4, -0.2) is 4.86 Å². The molecule has 4 aliphatic carbocycles. The quantitative estimate of drug-likeness (QED) is 0.520. The molecular formula is C19H26S. The summed E-state index contributed by atoms with van der Waals surface area (Å²) in [4.78, 5) is 1.19. The summed E-state index contributed by atoms with van der Waals surface area (Å²) < 4.78 is 0. The van der Waals surface area contributed by atoms with Crippen LogP contribution in [0.5, 0.6) is 0 Å². The molecule has 4 aliphatic rings. The molecule has 0 amide bonds. The van der Waals surface area contributed by atoms with Crippen LogP contribution in [0.2, 0.25) is 0 Å². The third-order valence-electron chi connectivity index (χ3n) is 7.25. The van der Waals surface area contributed by atoms with Gasteiger partial charge in [0.2, 0.25) is 0 Å². The number of fused-ring (bicyclic) bond motifs is 4. The van der Waals surface area contributed by atoms with Gasteiger partial charge >= 0.3 is 0 Å². The first-order valence-corrected chi connectivity index (χ1v) is 8.92. The molecule has 0 aliphatic heterocycles. The third kappa shape index (κ3) is 1.56. The van der Waals surface area contributed by atoms with E-state index in [0.29, 0.717) is 5.41 Å². The van der Waals surface area contributed by atoms with Gasteiger partial charge in [-0.15, -0.1) is 0 Å². The highest BCUT2D eigenvalue weighted by atomic mass is 32.1. The van der Waals surface area contributed by atoms with Crippen LogP contribution in [-0.2, 0) is 0 Å². The van der Waals surface area contributed by atoms with E-state index in [1.807, 2.05) is 0 Å². The molecule has 0 heterocycles. The van der Waals surface area contributed by atoms with Gasteiger partial charge in [-0.05, 0) is 67.4 Å². The second kappa shape index (κ2) is 4.29. The minimum Gasteiger partial charge on any atom is -0.0839 e. The molecule has 0 radical (unpaired) electrons. The van der Waals surface area contributed by atoms with Gasteiger partial charge in [0.05, 0.1) is 0 Å². The highest BCUT2D eigenvalue weighted by Gasteiger charge is 2.52. The Balaban J connectivity index is 1.80. The van der Waals surface area contributed by atoms with Gasteiger partial charge in [-0.2, -0.15) is 0 Å². The maximum Gasteiger partial charge on any atom is 0.0276 e. The Labute approximate surface area is 128 Å². The van der Waals surface area contributed by atoms with E-state index in [9.17, 15) is 0 Å². The highest BCUT2D eigenvalue weighted by Crippen LogP contribution is 2.62. The van der Waals surface area contributed by atoms with Crippen molar-refractivity contribution in [3.05, 3.63) is 23.3 Å². The van der Waals surface area contributed by atoms with Gasteiger partial charge in [-0.25, -0.2) is 0 Å². The summed E-state index contributed by atoms with van der Waals surface area (Å²) in [6, 6.07) is 0. The van der Waals surface area contributed by atoms with Crippen molar-refractivity contribution in [1.29, 1.82) is 0 Å². The van der Waals surface area contributed by atoms with Gasteiger partial charge in [0, 0.05) is 10.3 Å². The number of hydrogen-bond acceptors (Lipinski definition) is 1. The van der Waals surface area contributed by atoms with Gasteiger partial charge in [-0.1, -0.05) is 50.6 Å². The normalized spacial score (nSPS) is 47.0. The summed E-state index contributed by atoms with van der Waals surface area (Å²) in [5, 5.41) is 0. The first-order valence-electron chi connectivity index (χ1n) is 8.52. The van der Waals surface area contributed by atoms with E-state index in [1.54, 1.807) is 11.1 Å². The average molecular weight is 286 g/mol. The standard InChI is InChI=1S/C19H26S/c1-18-11-4-3-5-13(18)6-7-14-15-8-9-17(20)19(15,2)12-10-16(14)18/h8-9,13,16H,3-7,10-12H2,1-2H3/t13?,16-,18-,19-/m0/s1. The van der Waals surface area contributed by atoms with E-state index < -0.39 is 0 Å². The van der Waals surface area contributed by atoms with Crippen molar-refractivity contribution < 1.29 is 0 Å². The molecule has 0 spiro atoms. The number of hydrogen-bond donors (Lipinski definition) is 0. The van der Waals surface area contributed by atoms with Crippen molar-refractivity contribution in [1.82, 2.24) is 0 Å². The van der Waals surface area contributed by atoms with E-state index in [4.69, 9.17) is 12.2 Å². The Morgan fingerprint density at radius 3 is 2.75 bits per heavy atom. The monoisotopic (exact) mass is 286 g/mol. The molecule has 2 fully saturated rings. The van der Waals surface area contributed by atoms with Crippen LogP contribution in [0.4, 0.5) is 0 Å². The lowest BCUT2D eigenvalue weighted by molar-refractivity contribution is 0.0192. The minimum atomic E-state index is 0.207. The Morgan fingerprint density at radius 2 is 1.90 bits per heavy atom. The molecule has 1 heteroatoms. The van der Waals surface area contributed by atoms with Gasteiger partial charge in [-0.3, -0.25) is 0 Å². The van der Waals surface area contributed by atoms with Crippen LogP contribution < -0.4 is 0 Å². The molecule has 0 saturated heterocycles. The molecule has 108 valence electrons. The SMILES string of the molecule is C[C@]12CC[C@H]3C(=C1C=CC2=S)CCC1CCCC[C@@]13C. The Kier molecular flexibility index (Phi) is 2.84. The molecule has 4 rings (SSSR count). The van der Waals surface area contributed by atoms with Crippen LogP contribution in [0.25, 0.3) is 0 Å². The van der Waals surface area contributed by atoms with Crippen molar-refractivity contribution in [2.24, 2.45) is 22.7 Å². The Bertz CT molecular complexity index is 526. The Morgan fingerprint density at radius 1 is 1.05 bits per heavy atom. The topological polar surface area (TPSA) is 0 Å². The Hall–Kier alpha value is -0.430. The van der Waals surface area contributed by atoms with E-state index in [0.717, 1.165) is 11.8 Å². The molecule has 0 N–H and O–H groups in total. The van der Waals surface area contributed by atoms with E-state index in [2.05, 4.69) is 26.0 Å². The lowest BCUT2D eigenvalue weighted by atomic mass is 9.50. The van der Waals surface area contributed by atoms with Crippen LogP contribution in [0.3, 0.4) is 0 Å². The molecule has 0 bridgehead atoms. The summed E-state index contributed by atoms with van der Waals surface area (Å²) in [5.74, 6) is 1.85. The molecule has 1 unspecified atom stereocenters. The zero-order valence-electron chi connectivity index (χ0n) is 12.9. The van der Waals surface area contributed by atoms with E-state index >= 15 is 0 Å². The maximum atomic E-state index is 5.65. The molecule has 0 aromatic rings. The number of thiocarbonyl (C=S) groups is 1. The third-order valence-corrected chi connectivity index (χ3v) is 7.83. The average Bonchev–Trinajstić information content (AvgIpc) is 2.74. The van der Waals surface area contributed by atoms with Crippen LogP contribution >= 0.6 is 12.2 Å². The van der Waals surface area contributed by atoms with Gasteiger partial charge in [0.1, 0.15) is 0 Å². The molecule has 20 heavy (non-hydrogen) atoms. The first-order chi connectivity index (χ1) is 9.56. The molecule has 0 nitrogen and oxygen atoms in total. The fourth-order valence-corrected chi connectivity index (χ4v) is 6.18. The van der Waals surface area contributed by atoms with Crippen molar-refractivity contribution in [2.45, 2.75) is 65.2 Å². The highest BCUT2D eigenvalue weighted by molar-refractivity contribution is 7.80. The molecule has 0 aromatic heterocycles. The summed E-state index contributed by atoms with van der Waals surface area (Å²) in [5.41, 5.74) is 4.23. The smallest absolute Gasteiger partial charge is 0.0276 e. The summed E-state index contributed by atoms with van der Waals surface area (Å²) in [6.07, 6.45) is 15.9. The second-order valence-electron chi connectivity index (χ2n) is 8.05. The van der Waals surface area contributed by atoms with Gasteiger partial charge in [0.25, 0.3) is 0 Å². The summed E-state index contributed by atoms with van der Waals surface area (Å²) in [6.45, 7) is 5.00. The maximum absolute atomic E-state index is 5.65. The fraction of sp³-hybridized carbons (Fsp3) is 0.737. The van der Waals surface area contributed by atoms with Gasteiger partial charge in [0.15, 0.2) is 0 Å². The van der Waals surface area contributed by atoms with E-state index in [-0.39, 0.29) is 5.41 Å². The first kappa shape index (κ1) is 13.2. The van der Waals surface area contributed by atoms with Gasteiger partial charge < -0.3 is 0 Å². The van der Waals surface area contributed by atoms with Crippen LogP contribution in [0, 0.1) is 22.7 Å². The van der Waals surface area contributed by atoms with Crippen molar-refractivity contribution in [2.75, 3.05) is 0 Å². The van der Waals surface area contributed by atoms with Crippen molar-refractivity contribution in [3.63, 3.8) is 0 Å². The molecule has 0 aromatic carbocycles.